The van der Waals surface area contributed by atoms with E-state index >= 15 is 0 Å². The van der Waals surface area contributed by atoms with E-state index in [4.69, 9.17) is 11.6 Å². The van der Waals surface area contributed by atoms with Gasteiger partial charge in [-0.3, -0.25) is 0 Å². The maximum Gasteiger partial charge on any atom is 0.0795 e. The second-order valence-corrected chi connectivity index (χ2v) is 6.88. The van der Waals surface area contributed by atoms with Gasteiger partial charge in [0.05, 0.1) is 6.54 Å². The van der Waals surface area contributed by atoms with Crippen LogP contribution < -0.4 is 4.90 Å². The van der Waals surface area contributed by atoms with Crippen molar-refractivity contribution in [3.8, 4) is 11.8 Å². The largest absolute Gasteiger partial charge is 0.363 e. The van der Waals surface area contributed by atoms with E-state index < -0.39 is 0 Å². The Morgan fingerprint density at radius 1 is 1.00 bits per heavy atom. The fourth-order valence-electron chi connectivity index (χ4n) is 2.47. The Morgan fingerprint density at radius 3 is 2.43 bits per heavy atom. The molecule has 23 heavy (non-hydrogen) atoms. The van der Waals surface area contributed by atoms with Crippen LogP contribution in [0.25, 0.3) is 10.8 Å². The average Bonchev–Trinajstić information content (AvgIpc) is 2.56. The molecule has 0 aliphatic carbocycles. The third-order valence-electron chi connectivity index (χ3n) is 3.64. The first-order valence-electron chi connectivity index (χ1n) is 7.28. The van der Waals surface area contributed by atoms with Crippen LogP contribution >= 0.6 is 34.2 Å². The fraction of sp³-hybridized carbons (Fsp3) is 0.100. The Kier molecular flexibility index (Phi) is 5.09. The summed E-state index contributed by atoms with van der Waals surface area (Å²) in [6.45, 7) is 0.673. The molecule has 0 aliphatic heterocycles. The molecule has 0 spiro atoms. The molecule has 3 rings (SSSR count). The summed E-state index contributed by atoms with van der Waals surface area (Å²) in [5.41, 5.74) is 2.19. The number of halogens is 2. The van der Waals surface area contributed by atoms with Gasteiger partial charge in [-0.25, -0.2) is 0 Å². The summed E-state index contributed by atoms with van der Waals surface area (Å²) in [5.74, 6) is 6.42. The first kappa shape index (κ1) is 16.2. The van der Waals surface area contributed by atoms with Gasteiger partial charge in [0.25, 0.3) is 0 Å². The normalized spacial score (nSPS) is 10.2. The molecule has 0 unspecified atom stereocenters. The molecule has 0 saturated carbocycles. The Hall–Kier alpha value is -1.70. The van der Waals surface area contributed by atoms with Crippen molar-refractivity contribution in [2.75, 3.05) is 18.5 Å². The smallest absolute Gasteiger partial charge is 0.0795 e. The van der Waals surface area contributed by atoms with E-state index in [0.717, 1.165) is 10.6 Å². The van der Waals surface area contributed by atoms with Gasteiger partial charge in [-0.15, -0.1) is 0 Å². The van der Waals surface area contributed by atoms with Crippen LogP contribution in [0.3, 0.4) is 0 Å². The van der Waals surface area contributed by atoms with Crippen molar-refractivity contribution in [3.05, 3.63) is 74.8 Å². The van der Waals surface area contributed by atoms with Gasteiger partial charge in [0.2, 0.25) is 0 Å². The molecule has 0 aliphatic rings. The van der Waals surface area contributed by atoms with E-state index in [9.17, 15) is 0 Å². The monoisotopic (exact) mass is 431 g/mol. The molecule has 0 heterocycles. The number of anilines is 1. The highest BCUT2D eigenvalue weighted by molar-refractivity contribution is 14.1. The van der Waals surface area contributed by atoms with Crippen LogP contribution in [0.5, 0.6) is 0 Å². The molecule has 0 fully saturated rings. The maximum absolute atomic E-state index is 5.89. The van der Waals surface area contributed by atoms with E-state index in [2.05, 4.69) is 82.8 Å². The van der Waals surface area contributed by atoms with Crippen molar-refractivity contribution in [3.63, 3.8) is 0 Å². The maximum atomic E-state index is 5.89. The Bertz CT molecular complexity index is 886. The van der Waals surface area contributed by atoms with Gasteiger partial charge in [-0.2, -0.15) is 0 Å². The molecular formula is C20H15ClIN. The predicted octanol–water partition coefficient (Wildman–Crippen LogP) is 5.59. The second kappa shape index (κ2) is 7.25. The lowest BCUT2D eigenvalue weighted by Gasteiger charge is -2.19. The molecular weight excluding hydrogens is 417 g/mol. The van der Waals surface area contributed by atoms with E-state index in [1.807, 2.05) is 24.3 Å². The van der Waals surface area contributed by atoms with E-state index in [-0.39, 0.29) is 0 Å². The molecule has 3 heteroatoms. The molecule has 1 nitrogen and oxygen atoms in total. The van der Waals surface area contributed by atoms with Gasteiger partial charge in [-0.1, -0.05) is 47.7 Å². The minimum atomic E-state index is 0.673. The molecule has 0 aromatic heterocycles. The van der Waals surface area contributed by atoms with Gasteiger partial charge in [0, 0.05) is 32.3 Å². The quantitative estimate of drug-likeness (QED) is 0.378. The molecule has 3 aromatic rings. The van der Waals surface area contributed by atoms with Crippen molar-refractivity contribution in [1.82, 2.24) is 0 Å². The third kappa shape index (κ3) is 3.80. The Labute approximate surface area is 155 Å². The zero-order valence-electron chi connectivity index (χ0n) is 12.7. The SMILES string of the molecule is CN(CC#Cc1ccc(Cl)cc1)c1cccc2cccc(I)c12. The van der Waals surface area contributed by atoms with Gasteiger partial charge >= 0.3 is 0 Å². The lowest BCUT2D eigenvalue weighted by atomic mass is 10.1. The molecule has 3 aromatic carbocycles. The zero-order chi connectivity index (χ0) is 16.2. The summed E-state index contributed by atoms with van der Waals surface area (Å²) in [7, 11) is 2.08. The number of rotatable bonds is 2. The highest BCUT2D eigenvalue weighted by Crippen LogP contribution is 2.30. The zero-order valence-corrected chi connectivity index (χ0v) is 15.6. The van der Waals surface area contributed by atoms with Crippen molar-refractivity contribution < 1.29 is 0 Å². The van der Waals surface area contributed by atoms with E-state index in [1.165, 1.54) is 20.0 Å². The topological polar surface area (TPSA) is 3.24 Å². The third-order valence-corrected chi connectivity index (χ3v) is 4.79. The Morgan fingerprint density at radius 2 is 1.70 bits per heavy atom. The van der Waals surface area contributed by atoms with Crippen LogP contribution in [-0.2, 0) is 0 Å². The highest BCUT2D eigenvalue weighted by Gasteiger charge is 2.07. The average molecular weight is 432 g/mol. The number of nitrogens with zero attached hydrogens (tertiary/aromatic N) is 1. The first-order chi connectivity index (χ1) is 11.1. The van der Waals surface area contributed by atoms with Crippen LogP contribution in [0.1, 0.15) is 5.56 Å². The number of benzene rings is 3. The Balaban J connectivity index is 1.84. The van der Waals surface area contributed by atoms with Crippen molar-refractivity contribution in [1.29, 1.82) is 0 Å². The molecule has 0 atom stereocenters. The molecule has 0 radical (unpaired) electrons. The van der Waals surface area contributed by atoms with Gasteiger partial charge in [-0.05, 0) is 64.4 Å². The van der Waals surface area contributed by atoms with Gasteiger partial charge in [0.15, 0.2) is 0 Å². The highest BCUT2D eigenvalue weighted by atomic mass is 127. The first-order valence-corrected chi connectivity index (χ1v) is 8.73. The summed E-state index contributed by atoms with van der Waals surface area (Å²) < 4.78 is 1.26. The number of hydrogen-bond acceptors (Lipinski definition) is 1. The van der Waals surface area contributed by atoms with Crippen molar-refractivity contribution in [2.24, 2.45) is 0 Å². The fourth-order valence-corrected chi connectivity index (χ4v) is 3.39. The molecule has 0 N–H and O–H groups in total. The minimum absolute atomic E-state index is 0.673. The lowest BCUT2D eigenvalue weighted by Crippen LogP contribution is -2.17. The molecule has 0 saturated heterocycles. The van der Waals surface area contributed by atoms with Crippen LogP contribution in [0.15, 0.2) is 60.7 Å². The number of fused-ring (bicyclic) bond motifs is 1. The summed E-state index contributed by atoms with van der Waals surface area (Å²) >= 11 is 8.28. The number of hydrogen-bond donors (Lipinski definition) is 0. The van der Waals surface area contributed by atoms with E-state index in [1.54, 1.807) is 0 Å². The minimum Gasteiger partial charge on any atom is -0.363 e. The van der Waals surface area contributed by atoms with Crippen molar-refractivity contribution in [2.45, 2.75) is 0 Å². The summed E-state index contributed by atoms with van der Waals surface area (Å²) in [4.78, 5) is 2.19. The standard InChI is InChI=1S/C20H15ClIN/c1-23(14-4-5-15-10-12-17(21)13-11-15)19-9-3-7-16-6-2-8-18(22)20(16)19/h2-3,6-13H,14H2,1H3. The summed E-state index contributed by atoms with van der Waals surface area (Å²) in [6.07, 6.45) is 0. The summed E-state index contributed by atoms with van der Waals surface area (Å²) in [6, 6.07) is 20.4. The van der Waals surface area contributed by atoms with Crippen molar-refractivity contribution >= 4 is 50.7 Å². The van der Waals surface area contributed by atoms with Crippen LogP contribution in [0.4, 0.5) is 5.69 Å². The molecule has 114 valence electrons. The predicted molar refractivity (Wildman–Crippen MR) is 108 cm³/mol. The molecule has 0 amide bonds. The lowest BCUT2D eigenvalue weighted by molar-refractivity contribution is 1.06. The van der Waals surface area contributed by atoms with E-state index in [0.29, 0.717) is 6.54 Å². The second-order valence-electron chi connectivity index (χ2n) is 5.28. The van der Waals surface area contributed by atoms with Crippen LogP contribution in [-0.4, -0.2) is 13.6 Å². The molecule has 0 bridgehead atoms. The summed E-state index contributed by atoms with van der Waals surface area (Å²) in [5, 5.41) is 3.27. The van der Waals surface area contributed by atoms with Crippen LogP contribution in [0.2, 0.25) is 5.02 Å². The van der Waals surface area contributed by atoms with Gasteiger partial charge < -0.3 is 4.90 Å². The van der Waals surface area contributed by atoms with Crippen LogP contribution in [0, 0.1) is 15.4 Å². The van der Waals surface area contributed by atoms with Gasteiger partial charge in [0.1, 0.15) is 0 Å².